The third-order valence-electron chi connectivity index (χ3n) is 13.2. The Morgan fingerprint density at radius 2 is 0.928 bits per heavy atom. The molecule has 3 fully saturated rings. The van der Waals surface area contributed by atoms with E-state index in [1.54, 1.807) is 24.1 Å². The lowest BCUT2D eigenvalue weighted by Gasteiger charge is -2.23. The SMILES string of the molecule is C/C=C/C(=O)NCC(C)(C)C.C=CC(=O)CCCC(C)(C)C.C=CC(=O)NCC(C)(C)C.CC(C)(C)C1CO1.CC(C)(C)CC1CO1.CC(C)(C)CCCC(=O)CCl.CC(C)(C)CNC(=O)C1(C#N)CC1.CN(C)C/C=C/C(=O)NCC(C)(C)C.CN(CCC(C)(C)C)C(=O)CCl. The number of Topliss-reactive ketones (excluding diaryl/α,β-unsaturated/α-hetero) is 1. The maximum atomic E-state index is 11.5. The van der Waals surface area contributed by atoms with Crippen LogP contribution >= 0.6 is 23.2 Å². The van der Waals surface area contributed by atoms with Crippen molar-refractivity contribution in [2.45, 2.75) is 270 Å². The number of hydrogen-bond donors (Lipinski definition) is 4. The zero-order chi connectivity index (χ0) is 77.7. The van der Waals surface area contributed by atoms with Crippen LogP contribution in [0.5, 0.6) is 0 Å². The number of ketones is 2. The zero-order valence-electron chi connectivity index (χ0n) is 67.9. The van der Waals surface area contributed by atoms with Crippen molar-refractivity contribution in [3.63, 3.8) is 0 Å². The predicted molar refractivity (Wildman–Crippen MR) is 413 cm³/mol. The Labute approximate surface area is 606 Å². The molecular weight excluding hydrogens is 1260 g/mol. The van der Waals surface area contributed by atoms with E-state index in [1.807, 2.05) is 32.0 Å². The van der Waals surface area contributed by atoms with E-state index in [0.717, 1.165) is 77.8 Å². The van der Waals surface area contributed by atoms with Gasteiger partial charge >= 0.3 is 0 Å². The van der Waals surface area contributed by atoms with Crippen LogP contribution in [0, 0.1) is 65.5 Å². The van der Waals surface area contributed by atoms with Crippen LogP contribution in [0.15, 0.2) is 49.6 Å². The maximum absolute atomic E-state index is 11.5. The molecule has 1 saturated carbocycles. The van der Waals surface area contributed by atoms with E-state index in [4.69, 9.17) is 37.9 Å². The van der Waals surface area contributed by atoms with Gasteiger partial charge in [-0.25, -0.2) is 0 Å². The first-order valence-corrected chi connectivity index (χ1v) is 36.0. The molecule has 0 radical (unpaired) electrons. The van der Waals surface area contributed by atoms with Crippen molar-refractivity contribution in [3.05, 3.63) is 49.6 Å². The first-order chi connectivity index (χ1) is 43.6. The highest BCUT2D eigenvalue weighted by Gasteiger charge is 2.50. The van der Waals surface area contributed by atoms with Crippen LogP contribution in [0.4, 0.5) is 0 Å². The highest BCUT2D eigenvalue weighted by atomic mass is 35.5. The van der Waals surface area contributed by atoms with Crippen LogP contribution in [0.2, 0.25) is 0 Å². The van der Waals surface area contributed by atoms with Gasteiger partial charge in [-0.1, -0.05) is 212 Å². The minimum Gasteiger partial charge on any atom is -0.373 e. The van der Waals surface area contributed by atoms with Crippen LogP contribution in [-0.2, 0) is 43.0 Å². The number of nitrogens with zero attached hydrogens (tertiary/aromatic N) is 3. The van der Waals surface area contributed by atoms with Crippen LogP contribution in [0.1, 0.15) is 258 Å². The number of carbonyl (C=O) groups excluding carboxylic acids is 7. The van der Waals surface area contributed by atoms with E-state index in [1.165, 1.54) is 24.6 Å². The summed E-state index contributed by atoms with van der Waals surface area (Å²) < 4.78 is 10.2. The molecule has 16 nitrogen and oxygen atoms in total. The number of carbonyl (C=O) groups is 7. The molecule has 2 heterocycles. The lowest BCUT2D eigenvalue weighted by molar-refractivity contribution is -0.127. The third kappa shape index (κ3) is 87.6. The van der Waals surface area contributed by atoms with Crippen molar-refractivity contribution in [3.8, 4) is 6.07 Å². The molecule has 4 N–H and O–H groups in total. The second-order valence-corrected chi connectivity index (χ2v) is 37.0. The van der Waals surface area contributed by atoms with Gasteiger partial charge in [-0.3, -0.25) is 33.6 Å². The Morgan fingerprint density at radius 1 is 0.536 bits per heavy atom. The van der Waals surface area contributed by atoms with Crippen LogP contribution in [0.3, 0.4) is 0 Å². The monoisotopic (exact) mass is 1410 g/mol. The molecule has 0 spiro atoms. The molecule has 0 bridgehead atoms. The number of epoxide rings is 2. The number of nitriles is 1. The van der Waals surface area contributed by atoms with Gasteiger partial charge in [0.2, 0.25) is 29.5 Å². The van der Waals surface area contributed by atoms with Crippen LogP contribution < -0.4 is 21.3 Å². The molecule has 2 saturated heterocycles. The van der Waals surface area contributed by atoms with Gasteiger partial charge in [-0.05, 0) is 139 Å². The van der Waals surface area contributed by atoms with Crippen molar-refractivity contribution in [2.24, 2.45) is 54.1 Å². The van der Waals surface area contributed by atoms with Gasteiger partial charge in [-0.15, -0.1) is 23.2 Å². The van der Waals surface area contributed by atoms with Crippen molar-refractivity contribution < 1.29 is 43.0 Å². The van der Waals surface area contributed by atoms with Gasteiger partial charge in [0.15, 0.2) is 5.78 Å². The predicted octanol–water partition coefficient (Wildman–Crippen LogP) is 17.1. The number of hydrogen-bond acceptors (Lipinski definition) is 11. The number of halogens is 2. The molecule has 0 aromatic carbocycles. The summed E-state index contributed by atoms with van der Waals surface area (Å²) in [6.45, 7) is 72.7. The Kier molecular flexibility index (Phi) is 54.3. The second kappa shape index (κ2) is 50.8. The number of amides is 5. The molecule has 2 aliphatic heterocycles. The number of ether oxygens (including phenoxy) is 2. The van der Waals surface area contributed by atoms with Gasteiger partial charge in [0.05, 0.1) is 37.4 Å². The molecule has 5 amide bonds. The fraction of sp³-hybridized carbons (Fsp3) is 0.797. The van der Waals surface area contributed by atoms with E-state index in [-0.39, 0.29) is 79.9 Å². The summed E-state index contributed by atoms with van der Waals surface area (Å²) in [6, 6.07) is 2.08. The molecule has 0 aromatic heterocycles. The Morgan fingerprint density at radius 3 is 1.20 bits per heavy atom. The highest BCUT2D eigenvalue weighted by Crippen LogP contribution is 2.45. The zero-order valence-corrected chi connectivity index (χ0v) is 69.5. The van der Waals surface area contributed by atoms with Crippen molar-refractivity contribution in [1.82, 2.24) is 31.1 Å². The summed E-state index contributed by atoms with van der Waals surface area (Å²) in [5.41, 5.74) is 1.68. The van der Waals surface area contributed by atoms with E-state index in [0.29, 0.717) is 66.3 Å². The number of likely N-dealkylation sites (N-methyl/N-ethyl adjacent to an activating group) is 1. The average Bonchev–Trinajstić information content (AvgIpc) is 1.65. The van der Waals surface area contributed by atoms with E-state index in [2.05, 4.69) is 227 Å². The van der Waals surface area contributed by atoms with E-state index in [9.17, 15) is 33.6 Å². The molecule has 3 aliphatic rings. The fourth-order valence-electron chi connectivity index (χ4n) is 6.72. The van der Waals surface area contributed by atoms with Gasteiger partial charge < -0.3 is 40.5 Å². The first-order valence-electron chi connectivity index (χ1n) is 34.9. The lowest BCUT2D eigenvalue weighted by atomic mass is 9.89. The van der Waals surface area contributed by atoms with Gasteiger partial charge in [0.25, 0.3) is 0 Å². The van der Waals surface area contributed by atoms with Gasteiger partial charge in [0, 0.05) is 65.2 Å². The second-order valence-electron chi connectivity index (χ2n) is 36.5. The van der Waals surface area contributed by atoms with E-state index >= 15 is 0 Å². The minimum atomic E-state index is -0.675. The molecule has 0 aromatic rings. The van der Waals surface area contributed by atoms with E-state index < -0.39 is 5.41 Å². The number of alkyl halides is 2. The van der Waals surface area contributed by atoms with Crippen molar-refractivity contribution >= 4 is 64.3 Å². The topological polar surface area (TPSA) is 223 Å². The summed E-state index contributed by atoms with van der Waals surface area (Å²) >= 11 is 10.8. The molecule has 3 rings (SSSR count). The summed E-state index contributed by atoms with van der Waals surface area (Å²) in [7, 11) is 5.73. The van der Waals surface area contributed by atoms with Crippen molar-refractivity contribution in [1.29, 1.82) is 5.26 Å². The van der Waals surface area contributed by atoms with Crippen LogP contribution in [0.25, 0.3) is 0 Å². The third-order valence-corrected chi connectivity index (χ3v) is 13.7. The average molecular weight is 1410 g/mol. The summed E-state index contributed by atoms with van der Waals surface area (Å²) in [5.74, 6) is 0.361. The highest BCUT2D eigenvalue weighted by molar-refractivity contribution is 6.27. The summed E-state index contributed by atoms with van der Waals surface area (Å²) in [5, 5.41) is 19.9. The normalized spacial score (nSPS) is 15.3. The molecule has 1 aliphatic carbocycles. The Hall–Kier alpha value is -4.40. The first kappa shape index (κ1) is 104. The smallest absolute Gasteiger partial charge is 0.243 e. The minimum absolute atomic E-state index is 0.000849. The lowest BCUT2D eigenvalue weighted by Crippen LogP contribution is -2.37. The Balaban J connectivity index is -0.000000241. The summed E-state index contributed by atoms with van der Waals surface area (Å²) in [4.78, 5) is 80.5. The molecule has 2 unspecified atom stereocenters. The number of rotatable bonds is 22. The molecule has 2 atom stereocenters. The number of allylic oxidation sites excluding steroid dienone is 2. The fourth-order valence-corrected chi connectivity index (χ4v) is 7.06. The Bertz CT molecular complexity index is 2320. The van der Waals surface area contributed by atoms with Crippen molar-refractivity contribution in [2.75, 3.05) is 85.4 Å². The quantitative estimate of drug-likeness (QED) is 0.0453. The van der Waals surface area contributed by atoms with Gasteiger partial charge in [-0.2, -0.15) is 5.26 Å². The molecule has 97 heavy (non-hydrogen) atoms. The molecule has 568 valence electrons. The standard InChI is InChI=1S/C11H22N2O.C10H16N2O.C10H18O.C9H18ClNO.C9H17ClO.C9H17NO.C8H15NO.C7H14O.C6H12O/c1-11(2,3)9-12-10(14)7-6-8-13(4)5;1-9(2,3)7-12-8(13)10(6-11)4-5-10;1-5-9(11)7-6-8-10(2,3)4;1-9(2,3)5-6-11(4)8(12)7-10;1-9(2,3)6-4-5-8(11)7-10;1-5-6-8(11)10-7-9(2,3)4;1-5-7(10)9-6-8(2,3)4;1-7(2,3)4-6-5-8-6;1-6(2,3)5-4-7-5/h6-7H,8-9H2,1-5H3,(H,12,14);4-5,7H2,1-3H3,(H,12,13);5H,1,6-8H2,2-4H3;5-7H2,1-4H3;4-7H2,1-3H3;5-6H,7H2,1-4H3,(H,10,11);5H,1,6H2,2-4H3,(H,9,10);6H,4-5H2,1-3H3;5H,4H2,1-3H3/b7-6+;;;;;6-5+;;;. The van der Waals surface area contributed by atoms with Gasteiger partial charge in [0.1, 0.15) is 17.1 Å². The molecular formula is C79H149Cl2N7O9. The summed E-state index contributed by atoms with van der Waals surface area (Å²) in [6.07, 6.45) is 19.6. The number of nitrogens with one attached hydrogen (secondary N) is 4. The largest absolute Gasteiger partial charge is 0.373 e. The van der Waals surface area contributed by atoms with Crippen LogP contribution in [-0.4, -0.2) is 148 Å². The molecule has 18 heteroatoms. The maximum Gasteiger partial charge on any atom is 0.243 e.